The van der Waals surface area contributed by atoms with Crippen molar-refractivity contribution in [2.24, 2.45) is 5.41 Å². The molecule has 10 N–H and O–H groups in total. The molecule has 1 aliphatic rings. The van der Waals surface area contributed by atoms with Gasteiger partial charge in [-0.15, -0.1) is 0 Å². The molecule has 24 nitrogen and oxygen atoms in total. The summed E-state index contributed by atoms with van der Waals surface area (Å²) in [5.74, 6) is -1.13. The lowest BCUT2D eigenvalue weighted by Gasteiger charge is -2.30. The van der Waals surface area contributed by atoms with Crippen LogP contribution in [-0.4, -0.2) is 123 Å². The van der Waals surface area contributed by atoms with E-state index in [9.17, 15) is 57.9 Å². The largest absolute Gasteiger partial charge is 0.481 e. The molecule has 2 unspecified atom stereocenters. The predicted molar refractivity (Wildman–Crippen MR) is 187 cm³/mol. The first-order valence-corrected chi connectivity index (χ1v) is 21.1. The molecule has 0 saturated carbocycles. The highest BCUT2D eigenvalue weighted by Gasteiger charge is 2.50. The third-order valence-corrected chi connectivity index (χ3v) is 11.1. The number of hydrogen-bond donors (Lipinski definition) is 9. The number of allylic oxidation sites excluding steroid dienone is 1. The number of imidazole rings is 1. The van der Waals surface area contributed by atoms with E-state index in [0.29, 0.717) is 5.75 Å². The average molecular weight is 850 g/mol. The number of amides is 2. The quantitative estimate of drug-likeness (QED) is 0.0466. The number of anilines is 1. The summed E-state index contributed by atoms with van der Waals surface area (Å²) in [6.45, 7) is 4.03. The van der Waals surface area contributed by atoms with E-state index < -0.39 is 84.6 Å². The fraction of sp³-hybridized carbons (Fsp3) is 0.615. The Balaban J connectivity index is 1.51. The van der Waals surface area contributed by atoms with Crippen molar-refractivity contribution in [1.29, 1.82) is 0 Å². The van der Waals surface area contributed by atoms with Crippen LogP contribution in [0.4, 0.5) is 5.82 Å². The Kier molecular flexibility index (Phi) is 16.0. The van der Waals surface area contributed by atoms with Gasteiger partial charge in [0, 0.05) is 30.7 Å². The average Bonchev–Trinajstić information content (AvgIpc) is 3.60. The molecule has 0 radical (unpaired) electrons. The van der Waals surface area contributed by atoms with Gasteiger partial charge in [-0.2, -0.15) is 4.31 Å². The molecule has 304 valence electrons. The number of phosphoric ester groups is 3. The number of carbonyl (C=O) groups is 3. The van der Waals surface area contributed by atoms with Crippen LogP contribution in [-0.2, 0) is 50.7 Å². The highest BCUT2D eigenvalue weighted by atomic mass is 32.2. The smallest absolute Gasteiger partial charge is 0.386 e. The zero-order valence-electron chi connectivity index (χ0n) is 29.2. The van der Waals surface area contributed by atoms with E-state index >= 15 is 0 Å². The normalized spacial score (nSPS) is 21.9. The number of fused-ring (bicyclic) bond motifs is 1. The number of carbonyl (C=O) groups excluding carboxylic acids is 3. The maximum absolute atomic E-state index is 12.6. The number of phosphoric acid groups is 3. The van der Waals surface area contributed by atoms with E-state index in [2.05, 4.69) is 34.4 Å². The molecule has 7 atom stereocenters. The number of rotatable bonds is 20. The summed E-state index contributed by atoms with van der Waals surface area (Å²) in [5, 5.41) is 26.1. The molecule has 28 heteroatoms. The van der Waals surface area contributed by atoms with Crippen LogP contribution < -0.4 is 16.4 Å². The van der Waals surface area contributed by atoms with E-state index in [4.69, 9.17) is 19.5 Å². The van der Waals surface area contributed by atoms with E-state index in [1.165, 1.54) is 19.9 Å². The van der Waals surface area contributed by atoms with Crippen molar-refractivity contribution in [3.05, 3.63) is 24.3 Å². The lowest BCUT2D eigenvalue weighted by molar-refractivity contribution is -0.137. The molecule has 2 aromatic heterocycles. The minimum atomic E-state index is -5.57. The van der Waals surface area contributed by atoms with Crippen LogP contribution in [0.15, 0.2) is 24.3 Å². The van der Waals surface area contributed by atoms with E-state index in [1.54, 1.807) is 13.8 Å². The lowest BCUT2D eigenvalue weighted by Crippen LogP contribution is -2.46. The fourth-order valence-electron chi connectivity index (χ4n) is 4.56. The van der Waals surface area contributed by atoms with Crippen molar-refractivity contribution >= 4 is 69.1 Å². The van der Waals surface area contributed by atoms with Crippen LogP contribution >= 0.6 is 35.2 Å². The van der Waals surface area contributed by atoms with Gasteiger partial charge in [-0.25, -0.2) is 28.6 Å². The summed E-state index contributed by atoms with van der Waals surface area (Å²) in [6.07, 6.45) is -5.45. The van der Waals surface area contributed by atoms with Crippen LogP contribution in [0.1, 0.15) is 40.3 Å². The summed E-state index contributed by atoms with van der Waals surface area (Å²) < 4.78 is 62.0. The Labute approximate surface area is 311 Å². The predicted octanol–water partition coefficient (Wildman–Crippen LogP) is -0.369. The molecule has 1 fully saturated rings. The number of thioether (sulfide) groups is 1. The summed E-state index contributed by atoms with van der Waals surface area (Å²) in [5.41, 5.74) is 5.10. The number of nitrogens with two attached hydrogens (primary N) is 1. The van der Waals surface area contributed by atoms with Gasteiger partial charge >= 0.3 is 23.5 Å². The number of aliphatic hydroxyl groups excluding tert-OH is 2. The van der Waals surface area contributed by atoms with Crippen LogP contribution in [0.2, 0.25) is 0 Å². The van der Waals surface area contributed by atoms with E-state index in [-0.39, 0.29) is 41.6 Å². The van der Waals surface area contributed by atoms with Crippen molar-refractivity contribution in [2.75, 3.05) is 37.8 Å². The Morgan fingerprint density at radius 3 is 2.39 bits per heavy atom. The van der Waals surface area contributed by atoms with Crippen molar-refractivity contribution < 1.29 is 80.5 Å². The number of aromatic nitrogens is 4. The topological polar surface area (TPSA) is 364 Å². The second kappa shape index (κ2) is 19.0. The zero-order chi connectivity index (χ0) is 40.6. The van der Waals surface area contributed by atoms with Gasteiger partial charge in [-0.3, -0.25) is 32.5 Å². The van der Waals surface area contributed by atoms with Gasteiger partial charge in [-0.1, -0.05) is 31.2 Å². The maximum atomic E-state index is 12.6. The Morgan fingerprint density at radius 2 is 1.74 bits per heavy atom. The number of nitrogens with one attached hydrogen (secondary N) is 2. The highest BCUT2D eigenvalue weighted by Crippen LogP contribution is 2.61. The van der Waals surface area contributed by atoms with Crippen molar-refractivity contribution in [1.82, 2.24) is 30.2 Å². The summed E-state index contributed by atoms with van der Waals surface area (Å²) in [4.78, 5) is 87.0. The molecular weight excluding hydrogens is 807 g/mol. The number of hydrogen-bond acceptors (Lipinski definition) is 18. The zero-order valence-corrected chi connectivity index (χ0v) is 32.7. The van der Waals surface area contributed by atoms with Gasteiger partial charge in [0.15, 0.2) is 17.7 Å². The monoisotopic (exact) mass is 849 g/mol. The second-order valence-corrected chi connectivity index (χ2v) is 17.8. The van der Waals surface area contributed by atoms with Gasteiger partial charge in [0.1, 0.15) is 36.3 Å². The Hall–Kier alpha value is -2.70. The minimum Gasteiger partial charge on any atom is -0.386 e. The fourth-order valence-corrected chi connectivity index (χ4v) is 8.11. The minimum absolute atomic E-state index is 0.0301. The summed E-state index contributed by atoms with van der Waals surface area (Å²) in [6, 6.07) is 0. The molecule has 2 amide bonds. The van der Waals surface area contributed by atoms with E-state index in [1.807, 2.05) is 0 Å². The highest BCUT2D eigenvalue weighted by molar-refractivity contribution is 8.14. The van der Waals surface area contributed by atoms with Crippen molar-refractivity contribution in [3.8, 4) is 0 Å². The maximum Gasteiger partial charge on any atom is 0.481 e. The Morgan fingerprint density at radius 1 is 1.07 bits per heavy atom. The third kappa shape index (κ3) is 13.8. The number of ether oxygens (including phenoxy) is 1. The van der Waals surface area contributed by atoms with Gasteiger partial charge in [-0.05, 0) is 19.9 Å². The number of nitrogens with zero attached hydrogens (tertiary/aromatic N) is 4. The van der Waals surface area contributed by atoms with Crippen molar-refractivity contribution in [3.63, 3.8) is 0 Å². The number of nitrogen functional groups attached to an aromatic ring is 1. The van der Waals surface area contributed by atoms with Gasteiger partial charge in [0.05, 0.1) is 19.5 Å². The van der Waals surface area contributed by atoms with Crippen LogP contribution in [0.3, 0.4) is 0 Å². The third-order valence-electron chi connectivity index (χ3n) is 7.15. The molecule has 0 spiro atoms. The molecule has 54 heavy (non-hydrogen) atoms. The first-order chi connectivity index (χ1) is 24.9. The van der Waals surface area contributed by atoms with Gasteiger partial charge in [0.2, 0.25) is 16.9 Å². The first kappa shape index (κ1) is 45.7. The SMILES string of the molecule is CC(C)=CC(=O)SCCNC(=O)CCNC(=O)[C@H](O)C(C)(C)COP(=O)(O)OP(=O)(O)OC[C@@H]1O[C@H](n2cnc3c(N)ncnc32)[C@H](O)[C@@H]1OP(=O)(O)O. The molecule has 0 aliphatic carbocycles. The Bertz CT molecular complexity index is 1840. The first-order valence-electron chi connectivity index (χ1n) is 15.6. The molecule has 3 heterocycles. The molecule has 1 aliphatic heterocycles. The molecule has 0 bridgehead atoms. The molecule has 3 rings (SSSR count). The number of aliphatic hydroxyl groups is 2. The summed E-state index contributed by atoms with van der Waals surface area (Å²) >= 11 is 1.02. The van der Waals surface area contributed by atoms with Crippen LogP contribution in [0.5, 0.6) is 0 Å². The van der Waals surface area contributed by atoms with Crippen LogP contribution in [0.25, 0.3) is 11.2 Å². The summed E-state index contributed by atoms with van der Waals surface area (Å²) in [7, 11) is -16.4. The van der Waals surface area contributed by atoms with Gasteiger partial charge in [0.25, 0.3) is 0 Å². The van der Waals surface area contributed by atoms with Gasteiger partial charge < -0.3 is 50.9 Å². The molecule has 2 aromatic rings. The molecular formula is C26H42N7O17P3S. The van der Waals surface area contributed by atoms with E-state index in [0.717, 1.165) is 34.6 Å². The standard InChI is InChI=1S/C26H42N7O17P3S/c1-14(2)9-17(35)54-8-7-28-16(34)5-6-29-24(38)21(37)26(3,4)11-47-53(44,45)50-52(42,43)46-10-15-20(49-51(39,40)41)19(36)25(48-15)33-13-32-18-22(27)30-12-31-23(18)33/h9,12-13,15,19-21,25,36-37H,5-8,10-11H2,1-4H3,(H,28,34)(H,29,38)(H,42,43)(H,44,45)(H2,27,30,31)(H2,39,40,41)/t15-,19+,20+,21-,25-/m0/s1. The molecule has 1 saturated heterocycles. The second-order valence-electron chi connectivity index (χ2n) is 12.5. The van der Waals surface area contributed by atoms with Crippen LogP contribution in [0, 0.1) is 5.41 Å². The lowest BCUT2D eigenvalue weighted by atomic mass is 9.87. The van der Waals surface area contributed by atoms with Crippen molar-refractivity contribution in [2.45, 2.75) is 64.8 Å². The molecule has 0 aromatic carbocycles.